The monoisotopic (exact) mass is 224 g/mol. The second kappa shape index (κ2) is 5.50. The van der Waals surface area contributed by atoms with E-state index < -0.39 is 0 Å². The topological polar surface area (TPSA) is 15.3 Å². The minimum Gasteiger partial charge on any atom is -0.313 e. The van der Waals surface area contributed by atoms with Crippen LogP contribution in [0.3, 0.4) is 0 Å². The molecule has 16 heavy (non-hydrogen) atoms. The van der Waals surface area contributed by atoms with Crippen molar-refractivity contribution in [2.75, 3.05) is 26.2 Å². The molecule has 2 aliphatic rings. The summed E-state index contributed by atoms with van der Waals surface area (Å²) in [5.41, 5.74) is 0.647. The fraction of sp³-hybridized carbons (Fsp3) is 1.00. The predicted molar refractivity (Wildman–Crippen MR) is 69.7 cm³/mol. The Balaban J connectivity index is 1.79. The summed E-state index contributed by atoms with van der Waals surface area (Å²) in [7, 11) is 0. The van der Waals surface area contributed by atoms with Gasteiger partial charge in [-0.25, -0.2) is 0 Å². The molecular weight excluding hydrogens is 196 g/mol. The number of hydrogen-bond acceptors (Lipinski definition) is 2. The second-order valence-corrected chi connectivity index (χ2v) is 5.84. The molecule has 0 aromatic rings. The van der Waals surface area contributed by atoms with Gasteiger partial charge in [-0.15, -0.1) is 0 Å². The molecule has 0 amide bonds. The average molecular weight is 224 g/mol. The molecule has 0 bridgehead atoms. The smallest absolute Gasteiger partial charge is 0.0195 e. The zero-order valence-electron chi connectivity index (χ0n) is 11.1. The first-order chi connectivity index (χ1) is 7.78. The van der Waals surface area contributed by atoms with E-state index in [1.165, 1.54) is 64.7 Å². The van der Waals surface area contributed by atoms with Crippen molar-refractivity contribution in [1.82, 2.24) is 10.2 Å². The van der Waals surface area contributed by atoms with Gasteiger partial charge in [0.25, 0.3) is 0 Å². The highest BCUT2D eigenvalue weighted by Crippen LogP contribution is 2.37. The first-order valence-electron chi connectivity index (χ1n) is 7.24. The van der Waals surface area contributed by atoms with E-state index in [-0.39, 0.29) is 0 Å². The van der Waals surface area contributed by atoms with E-state index >= 15 is 0 Å². The Morgan fingerprint density at radius 2 is 2.06 bits per heavy atom. The second-order valence-electron chi connectivity index (χ2n) is 5.84. The normalized spacial score (nSPS) is 30.8. The molecule has 0 aliphatic carbocycles. The molecule has 94 valence electrons. The van der Waals surface area contributed by atoms with Crippen molar-refractivity contribution in [2.45, 2.75) is 58.4 Å². The lowest BCUT2D eigenvalue weighted by molar-refractivity contribution is 0.215. The Bertz CT molecular complexity index is 205. The molecule has 0 saturated carbocycles. The lowest BCUT2D eigenvalue weighted by Crippen LogP contribution is -2.43. The number of likely N-dealkylation sites (tertiary alicyclic amines) is 1. The van der Waals surface area contributed by atoms with Crippen molar-refractivity contribution >= 4 is 0 Å². The highest BCUT2D eigenvalue weighted by molar-refractivity contribution is 4.89. The van der Waals surface area contributed by atoms with E-state index in [4.69, 9.17) is 0 Å². The maximum Gasteiger partial charge on any atom is 0.0195 e. The van der Waals surface area contributed by atoms with E-state index in [0.29, 0.717) is 5.41 Å². The van der Waals surface area contributed by atoms with Crippen LogP contribution in [0.15, 0.2) is 0 Å². The van der Waals surface area contributed by atoms with Crippen LogP contribution < -0.4 is 5.32 Å². The largest absolute Gasteiger partial charge is 0.313 e. The summed E-state index contributed by atoms with van der Waals surface area (Å²) in [4.78, 5) is 2.70. The Hall–Kier alpha value is -0.0800. The minimum absolute atomic E-state index is 0.647. The van der Waals surface area contributed by atoms with Crippen LogP contribution >= 0.6 is 0 Å². The molecule has 2 heteroatoms. The minimum atomic E-state index is 0.647. The summed E-state index contributed by atoms with van der Waals surface area (Å²) >= 11 is 0. The number of nitrogens with zero attached hydrogens (tertiary/aromatic N) is 1. The molecule has 1 atom stereocenters. The molecule has 2 saturated heterocycles. The molecule has 2 aliphatic heterocycles. The fourth-order valence-electron chi connectivity index (χ4n) is 3.40. The Kier molecular flexibility index (Phi) is 4.26. The van der Waals surface area contributed by atoms with Crippen LogP contribution in [0.1, 0.15) is 52.4 Å². The molecule has 2 heterocycles. The van der Waals surface area contributed by atoms with E-state index in [1.807, 2.05) is 0 Å². The molecule has 2 nitrogen and oxygen atoms in total. The van der Waals surface area contributed by atoms with Gasteiger partial charge in [-0.3, -0.25) is 0 Å². The molecule has 1 N–H and O–H groups in total. The number of nitrogens with one attached hydrogen (secondary N) is 1. The van der Waals surface area contributed by atoms with Crippen LogP contribution in [0.4, 0.5) is 0 Å². The van der Waals surface area contributed by atoms with Gasteiger partial charge >= 0.3 is 0 Å². The highest BCUT2D eigenvalue weighted by Gasteiger charge is 2.35. The Morgan fingerprint density at radius 1 is 1.25 bits per heavy atom. The maximum absolute atomic E-state index is 3.67. The van der Waals surface area contributed by atoms with E-state index in [2.05, 4.69) is 24.1 Å². The van der Waals surface area contributed by atoms with E-state index in [0.717, 1.165) is 6.04 Å². The zero-order valence-corrected chi connectivity index (χ0v) is 11.1. The van der Waals surface area contributed by atoms with Gasteiger partial charge in [-0.05, 0) is 50.6 Å². The van der Waals surface area contributed by atoms with Crippen LogP contribution in [0.25, 0.3) is 0 Å². The number of rotatable bonds is 4. The zero-order chi connectivity index (χ0) is 11.4. The fourth-order valence-corrected chi connectivity index (χ4v) is 3.40. The van der Waals surface area contributed by atoms with Crippen molar-refractivity contribution in [2.24, 2.45) is 5.41 Å². The van der Waals surface area contributed by atoms with Gasteiger partial charge in [0.2, 0.25) is 0 Å². The van der Waals surface area contributed by atoms with Crippen LogP contribution in [0.2, 0.25) is 0 Å². The summed E-state index contributed by atoms with van der Waals surface area (Å²) in [5.74, 6) is 0. The van der Waals surface area contributed by atoms with E-state index in [1.54, 1.807) is 0 Å². The van der Waals surface area contributed by atoms with Crippen molar-refractivity contribution < 1.29 is 0 Å². The molecule has 0 aromatic carbocycles. The summed E-state index contributed by atoms with van der Waals surface area (Å²) in [6.45, 7) is 9.95. The van der Waals surface area contributed by atoms with E-state index in [9.17, 15) is 0 Å². The summed E-state index contributed by atoms with van der Waals surface area (Å²) in [6.07, 6.45) is 8.34. The third-order valence-corrected chi connectivity index (χ3v) is 4.91. The summed E-state index contributed by atoms with van der Waals surface area (Å²) in [6, 6.07) is 0.776. The van der Waals surface area contributed by atoms with Gasteiger partial charge in [0.05, 0.1) is 0 Å². The van der Waals surface area contributed by atoms with Crippen LogP contribution in [0.5, 0.6) is 0 Å². The predicted octanol–water partition coefficient (Wildman–Crippen LogP) is 2.64. The molecule has 2 fully saturated rings. The van der Waals surface area contributed by atoms with Crippen LogP contribution in [-0.2, 0) is 0 Å². The van der Waals surface area contributed by atoms with Crippen LogP contribution in [-0.4, -0.2) is 37.1 Å². The van der Waals surface area contributed by atoms with Crippen molar-refractivity contribution in [3.8, 4) is 0 Å². The van der Waals surface area contributed by atoms with Gasteiger partial charge in [0.1, 0.15) is 0 Å². The molecule has 0 spiro atoms. The maximum atomic E-state index is 3.67. The van der Waals surface area contributed by atoms with Gasteiger partial charge in [0.15, 0.2) is 0 Å². The molecule has 2 rings (SSSR count). The quantitative estimate of drug-likeness (QED) is 0.790. The number of hydrogen-bond donors (Lipinski definition) is 1. The van der Waals surface area contributed by atoms with Gasteiger partial charge in [-0.1, -0.05) is 20.3 Å². The van der Waals surface area contributed by atoms with Crippen LogP contribution in [0, 0.1) is 5.41 Å². The molecule has 0 aromatic heterocycles. The lowest BCUT2D eigenvalue weighted by atomic mass is 9.82. The first-order valence-corrected chi connectivity index (χ1v) is 7.24. The highest BCUT2D eigenvalue weighted by atomic mass is 15.2. The van der Waals surface area contributed by atoms with Gasteiger partial charge < -0.3 is 10.2 Å². The first kappa shape index (κ1) is 12.4. The molecule has 0 radical (unpaired) electrons. The van der Waals surface area contributed by atoms with Gasteiger partial charge in [0, 0.05) is 19.1 Å². The Morgan fingerprint density at radius 3 is 2.62 bits per heavy atom. The SMILES string of the molecule is CCC1(CC)CCN(CC2CCCCN2)C1. The summed E-state index contributed by atoms with van der Waals surface area (Å²) < 4.78 is 0. The Labute approximate surface area is 101 Å². The van der Waals surface area contributed by atoms with Crippen molar-refractivity contribution in [3.63, 3.8) is 0 Å². The third-order valence-electron chi connectivity index (χ3n) is 4.91. The molecular formula is C14H28N2. The lowest BCUT2D eigenvalue weighted by Gasteiger charge is -2.30. The number of piperidine rings is 1. The van der Waals surface area contributed by atoms with Gasteiger partial charge in [-0.2, -0.15) is 0 Å². The third kappa shape index (κ3) is 2.78. The average Bonchev–Trinajstić information content (AvgIpc) is 2.75. The standard InChI is InChI=1S/C14H28N2/c1-3-14(4-2)8-10-16(12-14)11-13-7-5-6-9-15-13/h13,15H,3-12H2,1-2H3. The summed E-state index contributed by atoms with van der Waals surface area (Å²) in [5, 5.41) is 3.67. The molecule has 1 unspecified atom stereocenters. The van der Waals surface area contributed by atoms with Crippen molar-refractivity contribution in [1.29, 1.82) is 0 Å². The van der Waals surface area contributed by atoms with Crippen molar-refractivity contribution in [3.05, 3.63) is 0 Å².